The highest BCUT2D eigenvalue weighted by atomic mass is 32.2. The quantitative estimate of drug-likeness (QED) is 0.663. The first-order chi connectivity index (χ1) is 10.0. The number of carbonyl (C=O) groups is 1. The summed E-state index contributed by atoms with van der Waals surface area (Å²) >= 11 is 0. The second-order valence-corrected chi connectivity index (χ2v) is 7.48. The fraction of sp³-hybridized carbons (Fsp3) is 0.533. The molecule has 1 aromatic carbocycles. The van der Waals surface area contributed by atoms with E-state index in [2.05, 4.69) is 5.32 Å². The summed E-state index contributed by atoms with van der Waals surface area (Å²) < 4.78 is 34.5. The van der Waals surface area contributed by atoms with Crippen LogP contribution >= 0.6 is 0 Å². The molecule has 0 saturated heterocycles. The summed E-state index contributed by atoms with van der Waals surface area (Å²) in [6.07, 6.45) is -1.43. The number of aryl methyl sites for hydroxylation is 1. The van der Waals surface area contributed by atoms with Gasteiger partial charge >= 0.3 is 6.09 Å². The van der Waals surface area contributed by atoms with Gasteiger partial charge in [0.2, 0.25) is 0 Å². The Labute approximate surface area is 131 Å². The average molecular weight is 329 g/mol. The number of rotatable bonds is 5. The van der Waals surface area contributed by atoms with E-state index in [0.29, 0.717) is 0 Å². The minimum Gasteiger partial charge on any atom is -0.444 e. The van der Waals surface area contributed by atoms with Gasteiger partial charge in [-0.1, -0.05) is 24.6 Å². The van der Waals surface area contributed by atoms with Crippen molar-refractivity contribution in [2.45, 2.75) is 57.8 Å². The molecular weight excluding hydrogens is 306 g/mol. The highest BCUT2D eigenvalue weighted by Crippen LogP contribution is 2.16. The zero-order valence-corrected chi connectivity index (χ0v) is 14.4. The van der Waals surface area contributed by atoms with E-state index in [-0.39, 0.29) is 11.3 Å². The first-order valence-corrected chi connectivity index (χ1v) is 8.44. The van der Waals surface area contributed by atoms with E-state index in [9.17, 15) is 13.2 Å². The lowest BCUT2D eigenvalue weighted by Crippen LogP contribution is -2.41. The van der Waals surface area contributed by atoms with E-state index < -0.39 is 28.0 Å². The van der Waals surface area contributed by atoms with Crippen LogP contribution in [0.2, 0.25) is 0 Å². The summed E-state index contributed by atoms with van der Waals surface area (Å²) in [5.74, 6) is 0. The van der Waals surface area contributed by atoms with Crippen molar-refractivity contribution in [3.63, 3.8) is 0 Å². The molecule has 1 aromatic rings. The first-order valence-electron chi connectivity index (χ1n) is 7.03. The fourth-order valence-corrected chi connectivity index (χ4v) is 2.62. The Morgan fingerprint density at radius 2 is 1.77 bits per heavy atom. The van der Waals surface area contributed by atoms with Gasteiger partial charge in [-0.2, -0.15) is 8.42 Å². The van der Waals surface area contributed by atoms with Crippen molar-refractivity contribution in [2.75, 3.05) is 0 Å². The van der Waals surface area contributed by atoms with Crippen molar-refractivity contribution in [3.8, 4) is 0 Å². The van der Waals surface area contributed by atoms with E-state index in [1.54, 1.807) is 39.8 Å². The molecular formula is C15H23NO5S. The molecule has 22 heavy (non-hydrogen) atoms. The van der Waals surface area contributed by atoms with Gasteiger partial charge in [0.1, 0.15) is 5.60 Å². The van der Waals surface area contributed by atoms with E-state index in [0.717, 1.165) is 5.56 Å². The molecule has 0 bridgehead atoms. The summed E-state index contributed by atoms with van der Waals surface area (Å²) in [7, 11) is -3.95. The smallest absolute Gasteiger partial charge is 0.409 e. The molecule has 124 valence electrons. The Hall–Kier alpha value is -1.60. The van der Waals surface area contributed by atoms with Gasteiger partial charge in [-0.3, -0.25) is 5.32 Å². The Balaban J connectivity index is 2.76. The van der Waals surface area contributed by atoms with Gasteiger partial charge in [0.25, 0.3) is 10.1 Å². The fourth-order valence-electron chi connectivity index (χ4n) is 1.55. The number of hydrogen-bond donors (Lipinski definition) is 1. The van der Waals surface area contributed by atoms with E-state index >= 15 is 0 Å². The highest BCUT2D eigenvalue weighted by Gasteiger charge is 2.24. The van der Waals surface area contributed by atoms with Crippen LogP contribution in [0.1, 0.15) is 39.7 Å². The summed E-state index contributed by atoms with van der Waals surface area (Å²) in [4.78, 5) is 11.7. The van der Waals surface area contributed by atoms with Crippen LogP contribution < -0.4 is 5.32 Å². The zero-order valence-electron chi connectivity index (χ0n) is 13.5. The molecule has 0 heterocycles. The minimum atomic E-state index is -3.95. The SMILES string of the molecule is CC[C@@H](NC(=O)OC(C)(C)C)OS(=O)(=O)c1ccc(C)cc1. The molecule has 0 fully saturated rings. The van der Waals surface area contributed by atoms with Crippen LogP contribution in [0, 0.1) is 6.92 Å². The van der Waals surface area contributed by atoms with Crippen molar-refractivity contribution in [2.24, 2.45) is 0 Å². The maximum Gasteiger partial charge on any atom is 0.409 e. The van der Waals surface area contributed by atoms with Gasteiger partial charge in [0.15, 0.2) is 6.23 Å². The molecule has 6 nitrogen and oxygen atoms in total. The Morgan fingerprint density at radius 1 is 1.23 bits per heavy atom. The van der Waals surface area contributed by atoms with Crippen LogP contribution in [0.4, 0.5) is 4.79 Å². The van der Waals surface area contributed by atoms with Crippen molar-refractivity contribution >= 4 is 16.2 Å². The molecule has 0 aliphatic rings. The molecule has 0 spiro atoms. The first kappa shape index (κ1) is 18.4. The molecule has 0 radical (unpaired) electrons. The second kappa shape index (κ2) is 7.11. The monoisotopic (exact) mass is 329 g/mol. The zero-order chi connectivity index (χ0) is 17.0. The molecule has 1 N–H and O–H groups in total. The summed E-state index contributed by atoms with van der Waals surface area (Å²) in [5.41, 5.74) is 0.274. The van der Waals surface area contributed by atoms with Gasteiger partial charge in [-0.05, 0) is 46.2 Å². The van der Waals surface area contributed by atoms with Gasteiger partial charge in [-0.25, -0.2) is 8.98 Å². The number of alkyl carbamates (subject to hydrolysis) is 1. The van der Waals surface area contributed by atoms with Crippen LogP contribution in [0.15, 0.2) is 29.2 Å². The molecule has 7 heteroatoms. The van der Waals surface area contributed by atoms with Gasteiger partial charge in [-0.15, -0.1) is 0 Å². The van der Waals surface area contributed by atoms with E-state index in [4.69, 9.17) is 8.92 Å². The normalized spacial score (nSPS) is 13.5. The molecule has 1 rings (SSSR count). The topological polar surface area (TPSA) is 81.7 Å². The number of ether oxygens (including phenoxy) is 1. The van der Waals surface area contributed by atoms with Crippen molar-refractivity contribution < 1.29 is 22.1 Å². The summed E-state index contributed by atoms with van der Waals surface area (Å²) in [6, 6.07) is 6.28. The number of nitrogens with one attached hydrogen (secondary N) is 1. The van der Waals surface area contributed by atoms with Crippen molar-refractivity contribution in [1.82, 2.24) is 5.32 Å². The van der Waals surface area contributed by atoms with Crippen LogP contribution in [0.3, 0.4) is 0 Å². The average Bonchev–Trinajstić information content (AvgIpc) is 2.35. The van der Waals surface area contributed by atoms with Gasteiger partial charge in [0, 0.05) is 0 Å². The number of benzene rings is 1. The van der Waals surface area contributed by atoms with Crippen LogP contribution in [-0.2, 0) is 19.0 Å². The second-order valence-electron chi connectivity index (χ2n) is 5.91. The van der Waals surface area contributed by atoms with Gasteiger partial charge in [0.05, 0.1) is 4.90 Å². The molecule has 0 saturated carbocycles. The maximum absolute atomic E-state index is 12.2. The summed E-state index contributed by atoms with van der Waals surface area (Å²) in [6.45, 7) is 8.72. The van der Waals surface area contributed by atoms with Gasteiger partial charge < -0.3 is 4.74 Å². The highest BCUT2D eigenvalue weighted by molar-refractivity contribution is 7.86. The molecule has 0 aliphatic heterocycles. The molecule has 0 aromatic heterocycles. The third-order valence-electron chi connectivity index (χ3n) is 2.60. The van der Waals surface area contributed by atoms with Crippen LogP contribution in [-0.4, -0.2) is 26.3 Å². The maximum atomic E-state index is 12.2. The predicted molar refractivity (Wildman–Crippen MR) is 82.9 cm³/mol. The van der Waals surface area contributed by atoms with Crippen molar-refractivity contribution in [1.29, 1.82) is 0 Å². The standard InChI is InChI=1S/C15H23NO5S/c1-6-13(16-14(17)20-15(3,4)5)21-22(18,19)12-9-7-11(2)8-10-12/h7-10,13H,6H2,1-5H3,(H,16,17)/t13-/m0/s1. The Morgan fingerprint density at radius 3 is 2.23 bits per heavy atom. The lowest BCUT2D eigenvalue weighted by Gasteiger charge is -2.22. The van der Waals surface area contributed by atoms with Crippen LogP contribution in [0.5, 0.6) is 0 Å². The number of hydrogen-bond acceptors (Lipinski definition) is 5. The largest absolute Gasteiger partial charge is 0.444 e. The summed E-state index contributed by atoms with van der Waals surface area (Å²) in [5, 5.41) is 2.40. The van der Waals surface area contributed by atoms with E-state index in [1.165, 1.54) is 12.1 Å². The third-order valence-corrected chi connectivity index (χ3v) is 3.94. The Bertz CT molecular complexity index is 602. The lowest BCUT2D eigenvalue weighted by atomic mass is 10.2. The Kier molecular flexibility index (Phi) is 5.96. The number of carbonyl (C=O) groups excluding carboxylic acids is 1. The molecule has 1 amide bonds. The van der Waals surface area contributed by atoms with Crippen LogP contribution in [0.25, 0.3) is 0 Å². The van der Waals surface area contributed by atoms with E-state index in [1.807, 2.05) is 6.92 Å². The third kappa shape index (κ3) is 6.03. The van der Waals surface area contributed by atoms with Crippen molar-refractivity contribution in [3.05, 3.63) is 29.8 Å². The molecule has 0 unspecified atom stereocenters. The lowest BCUT2D eigenvalue weighted by molar-refractivity contribution is 0.0399. The number of amides is 1. The predicted octanol–water partition coefficient (Wildman–Crippen LogP) is 2.96. The molecule has 1 atom stereocenters. The molecule has 0 aliphatic carbocycles. The minimum absolute atomic E-state index is 0.0440.